The average molecular weight is 477 g/mol. The summed E-state index contributed by atoms with van der Waals surface area (Å²) in [5, 5.41) is 31.0. The molecule has 1 atom stereocenters. The first kappa shape index (κ1) is 22.5. The Labute approximate surface area is 205 Å². The van der Waals surface area contributed by atoms with Crippen LogP contribution >= 0.6 is 0 Å². The number of hydrogen-bond acceptors (Lipinski definition) is 7. The van der Waals surface area contributed by atoms with E-state index in [4.69, 9.17) is 0 Å². The smallest absolute Gasteiger partial charge is 0.269 e. The zero-order valence-corrected chi connectivity index (χ0v) is 19.0. The molecule has 10 nitrogen and oxygen atoms in total. The first-order chi connectivity index (χ1) is 17.4. The fourth-order valence-electron chi connectivity index (χ4n) is 4.07. The van der Waals surface area contributed by atoms with Crippen molar-refractivity contribution in [3.05, 3.63) is 111 Å². The number of para-hydroxylation sites is 1. The number of nitro groups is 1. The molecule has 4 aromatic rings. The van der Waals surface area contributed by atoms with E-state index in [1.165, 1.54) is 12.1 Å². The zero-order valence-electron chi connectivity index (χ0n) is 19.0. The largest absolute Gasteiger partial charge is 0.328 e. The van der Waals surface area contributed by atoms with Gasteiger partial charge in [-0.05, 0) is 48.9 Å². The van der Waals surface area contributed by atoms with Gasteiger partial charge in [0.25, 0.3) is 11.6 Å². The molecule has 0 saturated carbocycles. The van der Waals surface area contributed by atoms with Gasteiger partial charge in [-0.25, -0.2) is 4.68 Å². The van der Waals surface area contributed by atoms with Gasteiger partial charge in [-0.15, -0.1) is 5.10 Å². The summed E-state index contributed by atoms with van der Waals surface area (Å²) in [5.41, 5.74) is 3.49. The van der Waals surface area contributed by atoms with E-state index < -0.39 is 11.0 Å². The number of anilines is 2. The predicted octanol–water partition coefficient (Wildman–Crippen LogP) is 4.65. The number of amides is 1. The molecule has 36 heavy (non-hydrogen) atoms. The number of rotatable bonds is 5. The Morgan fingerprint density at radius 1 is 1.08 bits per heavy atom. The van der Waals surface area contributed by atoms with Crippen molar-refractivity contribution in [2.75, 3.05) is 10.6 Å². The van der Waals surface area contributed by atoms with Crippen molar-refractivity contribution in [1.29, 1.82) is 5.26 Å². The van der Waals surface area contributed by atoms with Crippen LogP contribution in [0.25, 0.3) is 11.4 Å². The van der Waals surface area contributed by atoms with Gasteiger partial charge in [0.05, 0.1) is 22.1 Å². The van der Waals surface area contributed by atoms with Gasteiger partial charge in [0.2, 0.25) is 5.95 Å². The Kier molecular flexibility index (Phi) is 5.72. The van der Waals surface area contributed by atoms with Crippen molar-refractivity contribution in [3.63, 3.8) is 0 Å². The molecule has 1 aromatic heterocycles. The number of nitro benzene ring substituents is 1. The lowest BCUT2D eigenvalue weighted by atomic mass is 9.94. The van der Waals surface area contributed by atoms with E-state index in [0.29, 0.717) is 39.9 Å². The summed E-state index contributed by atoms with van der Waals surface area (Å²) in [6.45, 7) is 1.79. The molecule has 3 aromatic carbocycles. The van der Waals surface area contributed by atoms with E-state index in [9.17, 15) is 20.2 Å². The number of fused-ring (bicyclic) bond motifs is 1. The summed E-state index contributed by atoms with van der Waals surface area (Å²) in [7, 11) is 0. The van der Waals surface area contributed by atoms with Gasteiger partial charge >= 0.3 is 0 Å². The van der Waals surface area contributed by atoms with Gasteiger partial charge in [-0.1, -0.05) is 30.3 Å². The summed E-state index contributed by atoms with van der Waals surface area (Å²) in [4.78, 5) is 28.6. The van der Waals surface area contributed by atoms with Crippen molar-refractivity contribution >= 4 is 23.2 Å². The maximum atomic E-state index is 13.5. The Morgan fingerprint density at radius 2 is 1.78 bits per heavy atom. The molecule has 176 valence electrons. The third kappa shape index (κ3) is 4.17. The highest BCUT2D eigenvalue weighted by Gasteiger charge is 2.34. The predicted molar refractivity (Wildman–Crippen MR) is 133 cm³/mol. The molecular formula is C26H19N7O3. The van der Waals surface area contributed by atoms with Gasteiger partial charge in [-0.2, -0.15) is 10.2 Å². The molecular weight excluding hydrogens is 458 g/mol. The zero-order chi connectivity index (χ0) is 25.2. The van der Waals surface area contributed by atoms with E-state index >= 15 is 0 Å². The summed E-state index contributed by atoms with van der Waals surface area (Å²) in [5.74, 6) is 0.466. The van der Waals surface area contributed by atoms with E-state index in [-0.39, 0.29) is 11.6 Å². The van der Waals surface area contributed by atoms with Crippen molar-refractivity contribution in [2.45, 2.75) is 13.0 Å². The van der Waals surface area contributed by atoms with Crippen LogP contribution in [0.2, 0.25) is 0 Å². The third-order valence-electron chi connectivity index (χ3n) is 5.82. The van der Waals surface area contributed by atoms with E-state index in [1.54, 1.807) is 60.1 Å². The standard InChI is InChI=1S/C26H19N7O3/c1-16-22(25(34)29-20-5-3-2-4-6-20)23(18-9-7-17(15-27)8-10-18)32-26(28-16)30-24(31-32)19-11-13-21(14-12-19)33(35)36/h2-14,23H,1H3,(H,29,34)(H,28,30,31). The number of carbonyl (C=O) groups is 1. The summed E-state index contributed by atoms with van der Waals surface area (Å²) in [6, 6.07) is 23.5. The van der Waals surface area contributed by atoms with Crippen LogP contribution in [0.1, 0.15) is 24.1 Å². The molecule has 0 spiro atoms. The second-order valence-corrected chi connectivity index (χ2v) is 8.13. The van der Waals surface area contributed by atoms with Gasteiger partial charge in [-0.3, -0.25) is 14.9 Å². The second kappa shape index (κ2) is 9.15. The number of nitrogens with zero attached hydrogens (tertiary/aromatic N) is 5. The molecule has 0 bridgehead atoms. The highest BCUT2D eigenvalue weighted by atomic mass is 16.6. The van der Waals surface area contributed by atoms with Crippen molar-refractivity contribution in [3.8, 4) is 17.5 Å². The first-order valence-corrected chi connectivity index (χ1v) is 11.0. The minimum absolute atomic E-state index is 0.0336. The molecule has 0 radical (unpaired) electrons. The highest BCUT2D eigenvalue weighted by Crippen LogP contribution is 2.37. The summed E-state index contributed by atoms with van der Waals surface area (Å²) >= 11 is 0. The molecule has 2 heterocycles. The number of allylic oxidation sites excluding steroid dienone is 1. The molecule has 5 rings (SSSR count). The molecule has 0 aliphatic carbocycles. The molecule has 1 aliphatic heterocycles. The number of aromatic nitrogens is 3. The molecule has 2 N–H and O–H groups in total. The Morgan fingerprint density at radius 3 is 2.42 bits per heavy atom. The molecule has 0 saturated heterocycles. The average Bonchev–Trinajstić information content (AvgIpc) is 3.32. The van der Waals surface area contributed by atoms with Crippen LogP contribution in [0.15, 0.2) is 90.1 Å². The number of nitriles is 1. The fraction of sp³-hybridized carbons (Fsp3) is 0.0769. The van der Waals surface area contributed by atoms with Crippen LogP contribution in [0.4, 0.5) is 17.3 Å². The van der Waals surface area contributed by atoms with Crippen LogP contribution in [-0.2, 0) is 4.79 Å². The summed E-state index contributed by atoms with van der Waals surface area (Å²) < 4.78 is 1.62. The van der Waals surface area contributed by atoms with Crippen LogP contribution in [0.3, 0.4) is 0 Å². The number of benzene rings is 3. The molecule has 10 heteroatoms. The van der Waals surface area contributed by atoms with Crippen LogP contribution in [0.5, 0.6) is 0 Å². The molecule has 1 aliphatic rings. The summed E-state index contributed by atoms with van der Waals surface area (Å²) in [6.07, 6.45) is 0. The van der Waals surface area contributed by atoms with Gasteiger partial charge in [0, 0.05) is 29.1 Å². The van der Waals surface area contributed by atoms with Crippen LogP contribution < -0.4 is 10.6 Å². The minimum Gasteiger partial charge on any atom is -0.328 e. The number of hydrogen-bond donors (Lipinski definition) is 2. The van der Waals surface area contributed by atoms with Crippen LogP contribution in [0, 0.1) is 21.4 Å². The SMILES string of the molecule is CC1=C(C(=O)Nc2ccccc2)C(c2ccc(C#N)cc2)n2nc(-c3ccc([N+](=O)[O-])cc3)nc2N1. The van der Waals surface area contributed by atoms with Crippen molar-refractivity contribution in [2.24, 2.45) is 0 Å². The molecule has 1 amide bonds. The highest BCUT2D eigenvalue weighted by molar-refractivity contribution is 6.06. The lowest BCUT2D eigenvalue weighted by Crippen LogP contribution is -2.31. The maximum Gasteiger partial charge on any atom is 0.269 e. The number of nitrogens with one attached hydrogen (secondary N) is 2. The van der Waals surface area contributed by atoms with Gasteiger partial charge in [0.1, 0.15) is 6.04 Å². The van der Waals surface area contributed by atoms with Crippen LogP contribution in [-0.4, -0.2) is 25.6 Å². The second-order valence-electron chi connectivity index (χ2n) is 8.13. The van der Waals surface area contributed by atoms with Crippen molar-refractivity contribution in [1.82, 2.24) is 14.8 Å². The Balaban J connectivity index is 1.58. The first-order valence-electron chi connectivity index (χ1n) is 11.0. The minimum atomic E-state index is -0.628. The lowest BCUT2D eigenvalue weighted by Gasteiger charge is -2.28. The monoisotopic (exact) mass is 477 g/mol. The fourth-order valence-corrected chi connectivity index (χ4v) is 4.07. The third-order valence-corrected chi connectivity index (χ3v) is 5.82. The van der Waals surface area contributed by atoms with E-state index in [1.807, 2.05) is 18.2 Å². The van der Waals surface area contributed by atoms with Gasteiger partial charge < -0.3 is 10.6 Å². The molecule has 0 fully saturated rings. The molecule has 1 unspecified atom stereocenters. The topological polar surface area (TPSA) is 139 Å². The van der Waals surface area contributed by atoms with E-state index in [2.05, 4.69) is 26.8 Å². The van der Waals surface area contributed by atoms with Gasteiger partial charge in [0.15, 0.2) is 5.82 Å². The Hall–Kier alpha value is -5.30. The number of non-ortho nitro benzene ring substituents is 1. The maximum absolute atomic E-state index is 13.5. The lowest BCUT2D eigenvalue weighted by molar-refractivity contribution is -0.384. The number of carbonyl (C=O) groups excluding carboxylic acids is 1. The van der Waals surface area contributed by atoms with Crippen molar-refractivity contribution < 1.29 is 9.72 Å². The Bertz CT molecular complexity index is 1530. The quantitative estimate of drug-likeness (QED) is 0.315. The normalized spacial score (nSPS) is 14.4. The van der Waals surface area contributed by atoms with E-state index in [0.717, 1.165) is 5.56 Å².